The van der Waals surface area contributed by atoms with Crippen molar-refractivity contribution >= 4 is 11.5 Å². The highest BCUT2D eigenvalue weighted by Gasteiger charge is 2.14. The Morgan fingerprint density at radius 1 is 1.05 bits per heavy atom. The summed E-state index contributed by atoms with van der Waals surface area (Å²) in [5.41, 5.74) is 1.95. The lowest BCUT2D eigenvalue weighted by Crippen LogP contribution is -2.22. The zero-order chi connectivity index (χ0) is 14.5. The molecular weight excluding hydrogens is 250 g/mol. The summed E-state index contributed by atoms with van der Waals surface area (Å²) < 4.78 is 0. The monoisotopic (exact) mass is 269 g/mol. The number of para-hydroxylation sites is 1. The summed E-state index contributed by atoms with van der Waals surface area (Å²) in [5.74, 6) is -0.136. The molecule has 2 aromatic carbocycles. The number of anilines is 1. The van der Waals surface area contributed by atoms with Crippen molar-refractivity contribution < 1.29 is 9.90 Å². The molecule has 0 aliphatic heterocycles. The third kappa shape index (κ3) is 2.82. The average molecular weight is 269 g/mol. The second-order valence-electron chi connectivity index (χ2n) is 4.57. The highest BCUT2D eigenvalue weighted by atomic mass is 16.3. The summed E-state index contributed by atoms with van der Waals surface area (Å²) in [5, 5.41) is 9.78. The van der Waals surface area contributed by atoms with Gasteiger partial charge in [0.1, 0.15) is 5.75 Å². The minimum atomic E-state index is -0.155. The van der Waals surface area contributed by atoms with Gasteiger partial charge < -0.3 is 10.0 Å². The molecule has 0 unspecified atom stereocenters. The SMILES string of the molecule is CCN(CC)c1cccc(C(=O)c2ccccc2O)c1. The smallest absolute Gasteiger partial charge is 0.196 e. The summed E-state index contributed by atoms with van der Waals surface area (Å²) in [4.78, 5) is 14.6. The molecule has 0 aromatic heterocycles. The lowest BCUT2D eigenvalue weighted by molar-refractivity contribution is 0.103. The fourth-order valence-electron chi connectivity index (χ4n) is 2.25. The number of benzene rings is 2. The Kier molecular flexibility index (Phi) is 4.41. The quantitative estimate of drug-likeness (QED) is 0.845. The van der Waals surface area contributed by atoms with Crippen molar-refractivity contribution in [3.8, 4) is 5.75 Å². The highest BCUT2D eigenvalue weighted by molar-refractivity contribution is 6.11. The maximum absolute atomic E-state index is 12.4. The molecule has 104 valence electrons. The molecule has 3 heteroatoms. The molecule has 0 radical (unpaired) electrons. The number of aromatic hydroxyl groups is 1. The maximum atomic E-state index is 12.4. The number of nitrogens with zero attached hydrogens (tertiary/aromatic N) is 1. The van der Waals surface area contributed by atoms with E-state index in [1.807, 2.05) is 18.2 Å². The topological polar surface area (TPSA) is 40.5 Å². The molecule has 0 amide bonds. The third-order valence-electron chi connectivity index (χ3n) is 3.39. The van der Waals surface area contributed by atoms with Crippen molar-refractivity contribution in [2.24, 2.45) is 0 Å². The zero-order valence-corrected chi connectivity index (χ0v) is 11.8. The van der Waals surface area contributed by atoms with Crippen molar-refractivity contribution in [1.29, 1.82) is 0 Å². The Morgan fingerprint density at radius 2 is 1.75 bits per heavy atom. The van der Waals surface area contributed by atoms with Gasteiger partial charge in [-0.15, -0.1) is 0 Å². The molecule has 1 N–H and O–H groups in total. The van der Waals surface area contributed by atoms with Crippen LogP contribution in [0.2, 0.25) is 0 Å². The fraction of sp³-hybridized carbons (Fsp3) is 0.235. The van der Waals surface area contributed by atoms with Gasteiger partial charge in [-0.05, 0) is 38.1 Å². The van der Waals surface area contributed by atoms with E-state index in [1.54, 1.807) is 24.3 Å². The number of hydrogen-bond acceptors (Lipinski definition) is 3. The van der Waals surface area contributed by atoms with Crippen LogP contribution in [-0.4, -0.2) is 24.0 Å². The van der Waals surface area contributed by atoms with Crippen LogP contribution in [0.4, 0.5) is 5.69 Å². The van der Waals surface area contributed by atoms with E-state index in [0.29, 0.717) is 11.1 Å². The molecule has 0 aliphatic carbocycles. The Morgan fingerprint density at radius 3 is 2.40 bits per heavy atom. The number of carbonyl (C=O) groups excluding carboxylic acids is 1. The molecule has 3 nitrogen and oxygen atoms in total. The molecule has 0 heterocycles. The van der Waals surface area contributed by atoms with E-state index in [-0.39, 0.29) is 11.5 Å². The van der Waals surface area contributed by atoms with Crippen LogP contribution in [-0.2, 0) is 0 Å². The van der Waals surface area contributed by atoms with Crippen molar-refractivity contribution in [3.05, 3.63) is 59.7 Å². The number of carbonyl (C=O) groups is 1. The second-order valence-corrected chi connectivity index (χ2v) is 4.57. The second kappa shape index (κ2) is 6.24. The van der Waals surface area contributed by atoms with Gasteiger partial charge in [0.2, 0.25) is 0 Å². The van der Waals surface area contributed by atoms with Gasteiger partial charge in [0.05, 0.1) is 5.56 Å². The molecule has 0 spiro atoms. The van der Waals surface area contributed by atoms with Crippen molar-refractivity contribution in [1.82, 2.24) is 0 Å². The molecular formula is C17H19NO2. The van der Waals surface area contributed by atoms with Crippen LogP contribution < -0.4 is 4.90 Å². The minimum Gasteiger partial charge on any atom is -0.507 e. The first-order chi connectivity index (χ1) is 9.67. The van der Waals surface area contributed by atoms with Crippen LogP contribution in [0.5, 0.6) is 5.75 Å². The minimum absolute atomic E-state index is 0.0192. The Hall–Kier alpha value is -2.29. The summed E-state index contributed by atoms with van der Waals surface area (Å²) in [6.45, 7) is 5.96. The van der Waals surface area contributed by atoms with Gasteiger partial charge in [0.15, 0.2) is 5.78 Å². The molecule has 2 aromatic rings. The molecule has 0 aliphatic rings. The number of phenols is 1. The van der Waals surface area contributed by atoms with E-state index in [4.69, 9.17) is 0 Å². The lowest BCUT2D eigenvalue weighted by atomic mass is 10.0. The van der Waals surface area contributed by atoms with Crippen LogP contribution >= 0.6 is 0 Å². The Balaban J connectivity index is 2.36. The van der Waals surface area contributed by atoms with E-state index in [0.717, 1.165) is 18.8 Å². The van der Waals surface area contributed by atoms with E-state index in [9.17, 15) is 9.90 Å². The van der Waals surface area contributed by atoms with E-state index in [2.05, 4.69) is 18.7 Å². The molecule has 0 atom stereocenters. The number of ketones is 1. The lowest BCUT2D eigenvalue weighted by Gasteiger charge is -2.21. The molecule has 20 heavy (non-hydrogen) atoms. The van der Waals surface area contributed by atoms with Crippen LogP contribution in [0.15, 0.2) is 48.5 Å². The van der Waals surface area contributed by atoms with Crippen molar-refractivity contribution in [2.45, 2.75) is 13.8 Å². The predicted molar refractivity (Wildman–Crippen MR) is 81.5 cm³/mol. The number of rotatable bonds is 5. The van der Waals surface area contributed by atoms with Gasteiger partial charge in [0, 0.05) is 24.3 Å². The van der Waals surface area contributed by atoms with E-state index in [1.165, 1.54) is 6.07 Å². The number of phenolic OH excluding ortho intramolecular Hbond substituents is 1. The van der Waals surface area contributed by atoms with Gasteiger partial charge >= 0.3 is 0 Å². The van der Waals surface area contributed by atoms with Gasteiger partial charge in [0.25, 0.3) is 0 Å². The summed E-state index contributed by atoms with van der Waals surface area (Å²) in [6, 6.07) is 14.2. The van der Waals surface area contributed by atoms with Gasteiger partial charge in [-0.2, -0.15) is 0 Å². The largest absolute Gasteiger partial charge is 0.507 e. The Bertz CT molecular complexity index is 603. The van der Waals surface area contributed by atoms with Gasteiger partial charge in [-0.3, -0.25) is 4.79 Å². The first-order valence-electron chi connectivity index (χ1n) is 6.85. The predicted octanol–water partition coefficient (Wildman–Crippen LogP) is 3.47. The first-order valence-corrected chi connectivity index (χ1v) is 6.85. The molecule has 0 saturated carbocycles. The van der Waals surface area contributed by atoms with Crippen molar-refractivity contribution in [2.75, 3.05) is 18.0 Å². The first kappa shape index (κ1) is 14.1. The molecule has 0 fully saturated rings. The average Bonchev–Trinajstić information content (AvgIpc) is 2.49. The molecule has 0 saturated heterocycles. The maximum Gasteiger partial charge on any atom is 0.196 e. The molecule has 2 rings (SSSR count). The highest BCUT2D eigenvalue weighted by Crippen LogP contribution is 2.22. The molecule has 0 bridgehead atoms. The van der Waals surface area contributed by atoms with Crippen LogP contribution in [0, 0.1) is 0 Å². The fourth-order valence-corrected chi connectivity index (χ4v) is 2.25. The normalized spacial score (nSPS) is 10.3. The van der Waals surface area contributed by atoms with E-state index < -0.39 is 0 Å². The van der Waals surface area contributed by atoms with Crippen LogP contribution in [0.25, 0.3) is 0 Å². The summed E-state index contributed by atoms with van der Waals surface area (Å²) in [6.07, 6.45) is 0. The van der Waals surface area contributed by atoms with Crippen LogP contribution in [0.3, 0.4) is 0 Å². The standard InChI is InChI=1S/C17H19NO2/c1-3-18(4-2)14-9-7-8-13(12-14)17(20)15-10-5-6-11-16(15)19/h5-12,19H,3-4H2,1-2H3. The third-order valence-corrected chi connectivity index (χ3v) is 3.39. The van der Waals surface area contributed by atoms with Crippen LogP contribution in [0.1, 0.15) is 29.8 Å². The summed E-state index contributed by atoms with van der Waals surface area (Å²) >= 11 is 0. The van der Waals surface area contributed by atoms with E-state index >= 15 is 0 Å². The zero-order valence-electron chi connectivity index (χ0n) is 11.8. The van der Waals surface area contributed by atoms with Gasteiger partial charge in [-0.25, -0.2) is 0 Å². The van der Waals surface area contributed by atoms with Crippen molar-refractivity contribution in [3.63, 3.8) is 0 Å². The van der Waals surface area contributed by atoms with Gasteiger partial charge in [-0.1, -0.05) is 24.3 Å². The number of hydrogen-bond donors (Lipinski definition) is 1. The summed E-state index contributed by atoms with van der Waals surface area (Å²) in [7, 11) is 0. The Labute approximate surface area is 119 Å².